The third kappa shape index (κ3) is 3.71. The van der Waals surface area contributed by atoms with E-state index in [0.29, 0.717) is 31.1 Å². The first-order valence-corrected chi connectivity index (χ1v) is 11.0. The Balaban J connectivity index is 1.37. The van der Waals surface area contributed by atoms with Crippen LogP contribution in [0.3, 0.4) is 0 Å². The van der Waals surface area contributed by atoms with Crippen molar-refractivity contribution in [2.75, 3.05) is 29.9 Å². The molecular weight excluding hydrogens is 430 g/mol. The summed E-state index contributed by atoms with van der Waals surface area (Å²) in [6.45, 7) is 1.16. The van der Waals surface area contributed by atoms with Crippen molar-refractivity contribution in [1.29, 1.82) is 0 Å². The molecular formula is C21H21N7O3S. The standard InChI is InChI=1S/C21H21N7O3S/c29-18(27-19-26-14-3-1-2-4-15(14)32-19)21(11-23-20(30)31)6-9-28(10-7-21)17-13-5-8-22-16(13)24-12-25-17/h1-5,8,12,23H,6-7,9-11H2,(H,30,31)(H,22,24,25)(H,26,27,29). The van der Waals surface area contributed by atoms with Crippen molar-refractivity contribution in [3.63, 3.8) is 0 Å². The van der Waals surface area contributed by atoms with Crippen LogP contribution in [0.5, 0.6) is 0 Å². The van der Waals surface area contributed by atoms with Gasteiger partial charge in [-0.1, -0.05) is 23.5 Å². The van der Waals surface area contributed by atoms with Gasteiger partial charge in [0.2, 0.25) is 5.91 Å². The molecule has 0 unspecified atom stereocenters. The summed E-state index contributed by atoms with van der Waals surface area (Å²) in [7, 11) is 0. The highest BCUT2D eigenvalue weighted by atomic mass is 32.1. The van der Waals surface area contributed by atoms with Gasteiger partial charge in [-0.15, -0.1) is 0 Å². The number of nitrogens with one attached hydrogen (secondary N) is 3. The number of nitrogens with zero attached hydrogens (tertiary/aromatic N) is 4. The maximum atomic E-state index is 13.4. The molecule has 3 aromatic heterocycles. The number of rotatable bonds is 5. The number of H-pyrrole nitrogens is 1. The Morgan fingerprint density at radius 2 is 2.00 bits per heavy atom. The fraction of sp³-hybridized carbons (Fsp3) is 0.286. The molecule has 0 atom stereocenters. The van der Waals surface area contributed by atoms with Crippen molar-refractivity contribution in [2.24, 2.45) is 5.41 Å². The van der Waals surface area contributed by atoms with Gasteiger partial charge in [0.25, 0.3) is 0 Å². The molecule has 0 saturated carbocycles. The minimum atomic E-state index is -1.15. The average Bonchev–Trinajstić information content (AvgIpc) is 3.44. The van der Waals surface area contributed by atoms with Gasteiger partial charge in [0.1, 0.15) is 17.8 Å². The van der Waals surface area contributed by atoms with Crippen molar-refractivity contribution in [2.45, 2.75) is 12.8 Å². The van der Waals surface area contributed by atoms with Crippen LogP contribution in [-0.4, -0.2) is 56.7 Å². The summed E-state index contributed by atoms with van der Waals surface area (Å²) < 4.78 is 0.981. The minimum Gasteiger partial charge on any atom is -0.465 e. The molecule has 1 fully saturated rings. The second-order valence-electron chi connectivity index (χ2n) is 7.80. The monoisotopic (exact) mass is 451 g/mol. The molecule has 1 aliphatic heterocycles. The Labute approximate surface area is 186 Å². The number of fused-ring (bicyclic) bond motifs is 2. The first-order chi connectivity index (χ1) is 15.5. The Kier molecular flexibility index (Phi) is 5.10. The topological polar surface area (TPSA) is 136 Å². The first kappa shape index (κ1) is 20.2. The molecule has 164 valence electrons. The third-order valence-corrected chi connectivity index (χ3v) is 6.88. The number of hydrogen-bond donors (Lipinski definition) is 4. The zero-order valence-electron chi connectivity index (χ0n) is 17.0. The quantitative estimate of drug-likeness (QED) is 0.366. The number of hydrogen-bond acceptors (Lipinski definition) is 7. The molecule has 4 N–H and O–H groups in total. The van der Waals surface area contributed by atoms with Gasteiger partial charge < -0.3 is 25.6 Å². The van der Waals surface area contributed by atoms with Crippen LogP contribution in [0.25, 0.3) is 21.3 Å². The molecule has 0 bridgehead atoms. The summed E-state index contributed by atoms with van der Waals surface area (Å²) in [6.07, 6.45) is 3.13. The molecule has 2 amide bonds. The number of amides is 2. The van der Waals surface area contributed by atoms with Crippen molar-refractivity contribution in [3.8, 4) is 0 Å². The number of carboxylic acid groups (broad SMARTS) is 1. The molecule has 1 saturated heterocycles. The van der Waals surface area contributed by atoms with Crippen LogP contribution in [0.15, 0.2) is 42.9 Å². The van der Waals surface area contributed by atoms with E-state index in [1.54, 1.807) is 0 Å². The highest BCUT2D eigenvalue weighted by Gasteiger charge is 2.42. The second kappa shape index (κ2) is 8.08. The van der Waals surface area contributed by atoms with Crippen molar-refractivity contribution in [1.82, 2.24) is 25.3 Å². The molecule has 5 rings (SSSR count). The maximum absolute atomic E-state index is 13.4. The number of benzene rings is 1. The van der Waals surface area contributed by atoms with Crippen molar-refractivity contribution >= 4 is 55.5 Å². The van der Waals surface area contributed by atoms with Crippen LogP contribution >= 0.6 is 11.3 Å². The summed E-state index contributed by atoms with van der Waals surface area (Å²) in [5, 5.41) is 15.9. The van der Waals surface area contributed by atoms with E-state index in [0.717, 1.165) is 27.1 Å². The molecule has 4 aromatic rings. The summed E-state index contributed by atoms with van der Waals surface area (Å²) >= 11 is 1.40. The SMILES string of the molecule is O=C(O)NCC1(C(=O)Nc2nc3ccccc3s2)CCN(c2ncnc3[nH]ccc23)CC1. The Morgan fingerprint density at radius 3 is 2.78 bits per heavy atom. The fourth-order valence-electron chi connectivity index (χ4n) is 4.14. The van der Waals surface area contributed by atoms with E-state index in [1.807, 2.05) is 36.5 Å². The predicted molar refractivity (Wildman–Crippen MR) is 122 cm³/mol. The number of carbonyl (C=O) groups is 2. The second-order valence-corrected chi connectivity index (χ2v) is 8.83. The van der Waals surface area contributed by atoms with Crippen LogP contribution in [0.4, 0.5) is 15.7 Å². The molecule has 1 aliphatic rings. The number of piperidine rings is 1. The Bertz CT molecular complexity index is 1260. The Hall–Kier alpha value is -3.73. The maximum Gasteiger partial charge on any atom is 0.404 e. The van der Waals surface area contributed by atoms with E-state index in [1.165, 1.54) is 17.7 Å². The lowest BCUT2D eigenvalue weighted by molar-refractivity contribution is -0.126. The number of aromatic nitrogens is 4. The smallest absolute Gasteiger partial charge is 0.404 e. The highest BCUT2D eigenvalue weighted by molar-refractivity contribution is 7.22. The van der Waals surface area contributed by atoms with Gasteiger partial charge in [0, 0.05) is 25.8 Å². The molecule has 32 heavy (non-hydrogen) atoms. The highest BCUT2D eigenvalue weighted by Crippen LogP contribution is 2.36. The van der Waals surface area contributed by atoms with E-state index < -0.39 is 11.5 Å². The number of carbonyl (C=O) groups excluding carboxylic acids is 1. The van der Waals surface area contributed by atoms with Crippen molar-refractivity contribution < 1.29 is 14.7 Å². The van der Waals surface area contributed by atoms with E-state index >= 15 is 0 Å². The van der Waals surface area contributed by atoms with Crippen molar-refractivity contribution in [3.05, 3.63) is 42.9 Å². The van der Waals surface area contributed by atoms with E-state index in [2.05, 4.69) is 35.5 Å². The molecule has 0 radical (unpaired) electrons. The van der Waals surface area contributed by atoms with Gasteiger partial charge in [-0.05, 0) is 31.0 Å². The van der Waals surface area contributed by atoms with E-state index in [9.17, 15) is 9.59 Å². The first-order valence-electron chi connectivity index (χ1n) is 10.2. The van der Waals surface area contributed by atoms with Gasteiger partial charge >= 0.3 is 6.09 Å². The van der Waals surface area contributed by atoms with Gasteiger partial charge in [-0.25, -0.2) is 19.7 Å². The average molecular weight is 452 g/mol. The third-order valence-electron chi connectivity index (χ3n) is 5.93. The van der Waals surface area contributed by atoms with Gasteiger partial charge in [0.15, 0.2) is 5.13 Å². The number of aromatic amines is 1. The molecule has 0 spiro atoms. The number of para-hydroxylation sites is 1. The lowest BCUT2D eigenvalue weighted by atomic mass is 9.77. The summed E-state index contributed by atoms with van der Waals surface area (Å²) in [4.78, 5) is 42.9. The Morgan fingerprint density at radius 1 is 1.19 bits per heavy atom. The summed E-state index contributed by atoms with van der Waals surface area (Å²) in [6, 6.07) is 9.60. The molecule has 1 aromatic carbocycles. The normalized spacial score (nSPS) is 15.7. The van der Waals surface area contributed by atoms with Crippen LogP contribution in [0.1, 0.15) is 12.8 Å². The fourth-order valence-corrected chi connectivity index (χ4v) is 5.00. The van der Waals surface area contributed by atoms with Crippen LogP contribution in [0, 0.1) is 5.41 Å². The predicted octanol–water partition coefficient (Wildman–Crippen LogP) is 3.06. The molecule has 10 nitrogen and oxygen atoms in total. The van der Waals surface area contributed by atoms with Gasteiger partial charge in [-0.3, -0.25) is 4.79 Å². The zero-order chi connectivity index (χ0) is 22.1. The van der Waals surface area contributed by atoms with Crippen LogP contribution < -0.4 is 15.5 Å². The van der Waals surface area contributed by atoms with Crippen LogP contribution in [-0.2, 0) is 4.79 Å². The van der Waals surface area contributed by atoms with E-state index in [-0.39, 0.29) is 12.5 Å². The number of thiazole rings is 1. The largest absolute Gasteiger partial charge is 0.465 e. The van der Waals surface area contributed by atoms with Crippen LogP contribution in [0.2, 0.25) is 0 Å². The lowest BCUT2D eigenvalue weighted by Crippen LogP contribution is -2.52. The zero-order valence-corrected chi connectivity index (χ0v) is 17.9. The van der Waals surface area contributed by atoms with Gasteiger partial charge in [-0.2, -0.15) is 0 Å². The molecule has 0 aliphatic carbocycles. The summed E-state index contributed by atoms with van der Waals surface area (Å²) in [5.74, 6) is 0.585. The molecule has 4 heterocycles. The minimum absolute atomic E-state index is 0.0379. The van der Waals surface area contributed by atoms with E-state index in [4.69, 9.17) is 5.11 Å². The number of anilines is 2. The van der Waals surface area contributed by atoms with Gasteiger partial charge in [0.05, 0.1) is 21.0 Å². The summed E-state index contributed by atoms with van der Waals surface area (Å²) in [5.41, 5.74) is 0.699. The lowest BCUT2D eigenvalue weighted by Gasteiger charge is -2.40. The molecule has 11 heteroatoms.